The Hall–Kier alpha value is 0.500. The van der Waals surface area contributed by atoms with Crippen molar-refractivity contribution < 1.29 is 0 Å². The van der Waals surface area contributed by atoms with Gasteiger partial charge in [0.15, 0.2) is 0 Å². The largest absolute Gasteiger partial charge is 0.320 e. The summed E-state index contributed by atoms with van der Waals surface area (Å²) in [5.41, 5.74) is 0. The van der Waals surface area contributed by atoms with Crippen LogP contribution in [0.1, 0.15) is 219 Å². The highest BCUT2D eigenvalue weighted by molar-refractivity contribution is 5.85. The summed E-state index contributed by atoms with van der Waals surface area (Å²) in [4.78, 5) is 0. The second kappa shape index (κ2) is 51.1. The van der Waals surface area contributed by atoms with E-state index in [4.69, 9.17) is 0 Å². The second-order valence-electron chi connectivity index (χ2n) is 12.8. The van der Waals surface area contributed by atoms with E-state index < -0.39 is 0 Å². The maximum atomic E-state index is 3.22. The molecule has 4 heteroatoms. The Morgan fingerprint density at radius 2 is 0.381 bits per heavy atom. The van der Waals surface area contributed by atoms with Gasteiger partial charge in [0.1, 0.15) is 0 Å². The van der Waals surface area contributed by atoms with Gasteiger partial charge in [0.2, 0.25) is 0 Å². The Balaban J connectivity index is -0.000000328. The maximum Gasteiger partial charge on any atom is -0.00519 e. The van der Waals surface area contributed by atoms with Gasteiger partial charge in [-0.1, -0.05) is 206 Å². The number of rotatable bonds is 34. The van der Waals surface area contributed by atoms with E-state index in [1.54, 1.807) is 0 Å². The Morgan fingerprint density at radius 3 is 0.524 bits per heavy atom. The Labute approximate surface area is 281 Å². The monoisotopic (exact) mass is 639 g/mol. The predicted molar refractivity (Wildman–Crippen MR) is 201 cm³/mol. The first-order valence-corrected chi connectivity index (χ1v) is 19.1. The smallest absolute Gasteiger partial charge is 0.00519 e. The van der Waals surface area contributed by atoms with Crippen molar-refractivity contribution in [2.75, 3.05) is 27.2 Å². The molecule has 0 aromatic heterocycles. The minimum Gasteiger partial charge on any atom is -0.320 e. The molecule has 0 bridgehead atoms. The first kappa shape index (κ1) is 49.4. The van der Waals surface area contributed by atoms with Crippen molar-refractivity contribution in [2.24, 2.45) is 0 Å². The summed E-state index contributed by atoms with van der Waals surface area (Å²) in [5, 5.41) is 6.43. The second-order valence-corrected chi connectivity index (χ2v) is 12.8. The fourth-order valence-corrected chi connectivity index (χ4v) is 5.70. The highest BCUT2D eigenvalue weighted by Crippen LogP contribution is 2.15. The first-order valence-electron chi connectivity index (χ1n) is 19.1. The molecule has 0 saturated heterocycles. The van der Waals surface area contributed by atoms with Crippen molar-refractivity contribution in [3.63, 3.8) is 0 Å². The van der Waals surface area contributed by atoms with E-state index in [1.165, 1.54) is 219 Å². The van der Waals surface area contributed by atoms with Crippen LogP contribution in [0.2, 0.25) is 0 Å². The zero-order chi connectivity index (χ0) is 29.5. The highest BCUT2D eigenvalue weighted by atomic mass is 35.5. The van der Waals surface area contributed by atoms with E-state index in [1.807, 2.05) is 14.1 Å². The summed E-state index contributed by atoms with van der Waals surface area (Å²) in [6.45, 7) is 6.97. The normalized spacial score (nSPS) is 10.6. The van der Waals surface area contributed by atoms with Crippen molar-refractivity contribution in [1.82, 2.24) is 10.6 Å². The average Bonchev–Trinajstić information content (AvgIpc) is 2.97. The molecule has 0 aliphatic rings. The molecule has 0 atom stereocenters. The molecular weight excluding hydrogens is 555 g/mol. The average molecular weight is 640 g/mol. The zero-order valence-electron chi connectivity index (χ0n) is 29.9. The summed E-state index contributed by atoms with van der Waals surface area (Å²) in [5.74, 6) is 0. The van der Waals surface area contributed by atoms with Gasteiger partial charge in [-0.25, -0.2) is 0 Å². The topological polar surface area (TPSA) is 24.1 Å². The first-order chi connectivity index (χ1) is 19.8. The van der Waals surface area contributed by atoms with Gasteiger partial charge in [-0.15, -0.1) is 24.8 Å². The Morgan fingerprint density at radius 1 is 0.238 bits per heavy atom. The molecule has 2 N–H and O–H groups in total. The van der Waals surface area contributed by atoms with Crippen LogP contribution in [0.5, 0.6) is 0 Å². The minimum absolute atomic E-state index is 0. The quantitative estimate of drug-likeness (QED) is 0.0685. The van der Waals surface area contributed by atoms with Crippen LogP contribution in [-0.2, 0) is 0 Å². The van der Waals surface area contributed by atoms with Gasteiger partial charge < -0.3 is 10.6 Å². The third-order valence-corrected chi connectivity index (χ3v) is 8.56. The summed E-state index contributed by atoms with van der Waals surface area (Å²) in [6, 6.07) is 0. The molecule has 0 aliphatic heterocycles. The SMILES string of the molecule is CCCCCCCCCCCCCCCCCCNC.CCCCCCCCCCCCCCCCCCNC.Cl.Cl. The van der Waals surface area contributed by atoms with Crippen LogP contribution in [0.25, 0.3) is 0 Å². The zero-order valence-corrected chi connectivity index (χ0v) is 31.5. The molecule has 0 aromatic carbocycles. The lowest BCUT2D eigenvalue weighted by atomic mass is 10.0. The van der Waals surface area contributed by atoms with Crippen LogP contribution in [-0.4, -0.2) is 27.2 Å². The lowest BCUT2D eigenvalue weighted by Gasteiger charge is -2.03. The molecule has 0 amide bonds. The molecule has 0 spiro atoms. The molecule has 0 heterocycles. The van der Waals surface area contributed by atoms with Gasteiger partial charge in [-0.3, -0.25) is 0 Å². The van der Waals surface area contributed by atoms with Crippen molar-refractivity contribution in [2.45, 2.75) is 219 Å². The maximum absolute atomic E-state index is 3.22. The van der Waals surface area contributed by atoms with Gasteiger partial charge in [0.25, 0.3) is 0 Å². The van der Waals surface area contributed by atoms with E-state index in [0.717, 1.165) is 0 Å². The van der Waals surface area contributed by atoms with E-state index in [2.05, 4.69) is 24.5 Å². The number of hydrogen-bond donors (Lipinski definition) is 2. The van der Waals surface area contributed by atoms with Gasteiger partial charge in [0, 0.05) is 0 Å². The fourth-order valence-electron chi connectivity index (χ4n) is 5.70. The van der Waals surface area contributed by atoms with E-state index in [-0.39, 0.29) is 24.8 Å². The molecule has 0 aromatic rings. The van der Waals surface area contributed by atoms with Gasteiger partial charge in [0.05, 0.1) is 0 Å². The Bertz CT molecular complexity index is 323. The molecular formula is C38H84Cl2N2. The number of hydrogen-bond acceptors (Lipinski definition) is 2. The molecule has 42 heavy (non-hydrogen) atoms. The molecule has 0 aliphatic carbocycles. The molecule has 0 saturated carbocycles. The van der Waals surface area contributed by atoms with Crippen molar-refractivity contribution >= 4 is 24.8 Å². The van der Waals surface area contributed by atoms with Crippen LogP contribution >= 0.6 is 24.8 Å². The van der Waals surface area contributed by atoms with Crippen LogP contribution in [0.15, 0.2) is 0 Å². The van der Waals surface area contributed by atoms with Crippen LogP contribution < -0.4 is 10.6 Å². The highest BCUT2D eigenvalue weighted by Gasteiger charge is 1.96. The summed E-state index contributed by atoms with van der Waals surface area (Å²) >= 11 is 0. The van der Waals surface area contributed by atoms with Crippen LogP contribution in [0.4, 0.5) is 0 Å². The molecule has 0 fully saturated rings. The Kier molecular flexibility index (Phi) is 60.1. The summed E-state index contributed by atoms with van der Waals surface area (Å²) in [7, 11) is 4.09. The van der Waals surface area contributed by atoms with Crippen LogP contribution in [0, 0.1) is 0 Å². The minimum atomic E-state index is 0. The number of unbranched alkanes of at least 4 members (excludes halogenated alkanes) is 30. The number of nitrogens with one attached hydrogen (secondary N) is 2. The number of halogens is 2. The van der Waals surface area contributed by atoms with E-state index in [0.29, 0.717) is 0 Å². The van der Waals surface area contributed by atoms with Crippen molar-refractivity contribution in [3.05, 3.63) is 0 Å². The van der Waals surface area contributed by atoms with Gasteiger partial charge in [-0.2, -0.15) is 0 Å². The van der Waals surface area contributed by atoms with E-state index >= 15 is 0 Å². The third kappa shape index (κ3) is 53.1. The van der Waals surface area contributed by atoms with Crippen molar-refractivity contribution in [1.29, 1.82) is 0 Å². The molecule has 0 radical (unpaired) electrons. The van der Waals surface area contributed by atoms with Gasteiger partial charge in [-0.05, 0) is 40.0 Å². The standard InChI is InChI=1S/2C19H41N.2ClH/c2*1-3-4-5-6-7-8-9-10-11-12-13-14-15-16-17-18-19-20-2;;/h2*20H,3-19H2,1-2H3;2*1H. The predicted octanol–water partition coefficient (Wildman–Crippen LogP) is 13.8. The van der Waals surface area contributed by atoms with E-state index in [9.17, 15) is 0 Å². The summed E-state index contributed by atoms with van der Waals surface area (Å²) < 4.78 is 0. The lowest BCUT2D eigenvalue weighted by Crippen LogP contribution is -2.06. The molecule has 2 nitrogen and oxygen atoms in total. The third-order valence-electron chi connectivity index (χ3n) is 8.56. The fraction of sp³-hybridized carbons (Fsp3) is 1.00. The molecule has 0 rings (SSSR count). The van der Waals surface area contributed by atoms with Gasteiger partial charge >= 0.3 is 0 Å². The van der Waals surface area contributed by atoms with Crippen molar-refractivity contribution in [3.8, 4) is 0 Å². The molecule has 260 valence electrons. The lowest BCUT2D eigenvalue weighted by molar-refractivity contribution is 0.528. The summed E-state index contributed by atoms with van der Waals surface area (Å²) in [6.07, 6.45) is 46.5. The van der Waals surface area contributed by atoms with Crippen LogP contribution in [0.3, 0.4) is 0 Å². The molecule has 0 unspecified atom stereocenters.